The van der Waals surface area contributed by atoms with Crippen LogP contribution >= 0.6 is 0 Å². The van der Waals surface area contributed by atoms with Gasteiger partial charge in [-0.25, -0.2) is 4.98 Å². The van der Waals surface area contributed by atoms with Gasteiger partial charge in [0.25, 0.3) is 0 Å². The minimum atomic E-state index is -0.659. The van der Waals surface area contributed by atoms with Crippen LogP contribution < -0.4 is 21.3 Å². The quantitative estimate of drug-likeness (QED) is 0.451. The number of aromatic nitrogens is 1. The molecule has 0 aromatic carbocycles. The number of nitrogens with zero attached hydrogens (tertiary/aromatic N) is 2. The number of hydrogen-bond acceptors (Lipinski definition) is 8. The van der Waals surface area contributed by atoms with Crippen molar-refractivity contribution in [3.63, 3.8) is 0 Å². The fourth-order valence-electron chi connectivity index (χ4n) is 2.50. The van der Waals surface area contributed by atoms with E-state index in [1.54, 1.807) is 13.1 Å². The SMILES string of the molecule is CC(C)NCC(OC(CO)N1CNc2c1ccnc2N)[C@H](C)O. The van der Waals surface area contributed by atoms with Crippen molar-refractivity contribution in [1.29, 1.82) is 0 Å². The monoisotopic (exact) mass is 325 g/mol. The molecule has 0 spiro atoms. The van der Waals surface area contributed by atoms with Gasteiger partial charge in [0.15, 0.2) is 6.23 Å². The Balaban J connectivity index is 2.10. The number of aliphatic hydroxyl groups is 2. The van der Waals surface area contributed by atoms with Crippen molar-refractivity contribution in [2.24, 2.45) is 0 Å². The van der Waals surface area contributed by atoms with Crippen molar-refractivity contribution in [3.05, 3.63) is 12.3 Å². The van der Waals surface area contributed by atoms with E-state index in [9.17, 15) is 10.2 Å². The highest BCUT2D eigenvalue weighted by Gasteiger charge is 2.30. The lowest BCUT2D eigenvalue weighted by molar-refractivity contribution is -0.0851. The molecule has 1 aromatic heterocycles. The number of nitrogen functional groups attached to an aromatic ring is 1. The first-order chi connectivity index (χ1) is 10.9. The first kappa shape index (κ1) is 17.7. The number of ether oxygens (including phenoxy) is 1. The Hall–Kier alpha value is -1.61. The highest BCUT2D eigenvalue weighted by Crippen LogP contribution is 2.36. The fourth-order valence-corrected chi connectivity index (χ4v) is 2.50. The van der Waals surface area contributed by atoms with Crippen LogP contribution in [0.3, 0.4) is 0 Å². The van der Waals surface area contributed by atoms with Gasteiger partial charge in [-0.05, 0) is 13.0 Å². The Bertz CT molecular complexity index is 512. The average Bonchev–Trinajstić information content (AvgIpc) is 2.92. The molecule has 1 aromatic rings. The number of aliphatic hydroxyl groups excluding tert-OH is 2. The number of fused-ring (bicyclic) bond motifs is 1. The number of hydrogen-bond donors (Lipinski definition) is 5. The largest absolute Gasteiger partial charge is 0.392 e. The van der Waals surface area contributed by atoms with Gasteiger partial charge in [-0.2, -0.15) is 0 Å². The molecule has 2 rings (SSSR count). The van der Waals surface area contributed by atoms with Gasteiger partial charge >= 0.3 is 0 Å². The Morgan fingerprint density at radius 2 is 2.22 bits per heavy atom. The lowest BCUT2D eigenvalue weighted by Crippen LogP contribution is -2.48. The molecule has 0 fully saturated rings. The van der Waals surface area contributed by atoms with Crippen molar-refractivity contribution in [2.45, 2.75) is 45.2 Å². The van der Waals surface area contributed by atoms with Crippen LogP contribution in [0.5, 0.6) is 0 Å². The number of rotatable bonds is 8. The van der Waals surface area contributed by atoms with Gasteiger partial charge in [-0.3, -0.25) is 0 Å². The molecule has 6 N–H and O–H groups in total. The van der Waals surface area contributed by atoms with Gasteiger partial charge in [0.2, 0.25) is 0 Å². The van der Waals surface area contributed by atoms with E-state index < -0.39 is 18.4 Å². The van der Waals surface area contributed by atoms with Gasteiger partial charge in [-0.15, -0.1) is 0 Å². The summed E-state index contributed by atoms with van der Waals surface area (Å²) in [5, 5.41) is 26.1. The summed E-state index contributed by atoms with van der Waals surface area (Å²) in [5.74, 6) is 0.412. The Kier molecular flexibility index (Phi) is 6.00. The second-order valence-electron chi connectivity index (χ2n) is 6.01. The molecule has 3 atom stereocenters. The predicted molar refractivity (Wildman–Crippen MR) is 90.2 cm³/mol. The molecular formula is C15H27N5O3. The summed E-state index contributed by atoms with van der Waals surface area (Å²) < 4.78 is 5.95. The molecule has 8 nitrogen and oxygen atoms in total. The summed E-state index contributed by atoms with van der Waals surface area (Å²) in [4.78, 5) is 5.92. The molecule has 130 valence electrons. The molecule has 0 amide bonds. The maximum absolute atomic E-state index is 9.94. The summed E-state index contributed by atoms with van der Waals surface area (Å²) in [5.41, 5.74) is 7.42. The van der Waals surface area contributed by atoms with E-state index in [0.717, 1.165) is 11.4 Å². The highest BCUT2D eigenvalue weighted by molar-refractivity contribution is 5.82. The molecular weight excluding hydrogens is 298 g/mol. The summed E-state index contributed by atoms with van der Waals surface area (Å²) in [6.45, 7) is 6.49. The second-order valence-corrected chi connectivity index (χ2v) is 6.01. The lowest BCUT2D eigenvalue weighted by atomic mass is 10.2. The zero-order chi connectivity index (χ0) is 17.0. The average molecular weight is 325 g/mol. The highest BCUT2D eigenvalue weighted by atomic mass is 16.5. The van der Waals surface area contributed by atoms with E-state index in [-0.39, 0.29) is 12.6 Å². The Labute approximate surface area is 136 Å². The summed E-state index contributed by atoms with van der Waals surface area (Å²) in [6.07, 6.45) is -0.0561. The van der Waals surface area contributed by atoms with Gasteiger partial charge in [0, 0.05) is 18.8 Å². The standard InChI is InChI=1S/C15H27N5O3/c1-9(2)18-6-12(10(3)22)23-13(7-21)20-8-19-14-11(20)4-5-17-15(14)16/h4-5,9-10,12-13,18-19,21-22H,6-8H2,1-3H3,(H2,16,17)/t10-,12?,13?/m0/s1. The molecule has 0 aliphatic carbocycles. The third-order valence-electron chi connectivity index (χ3n) is 3.79. The molecule has 0 saturated carbocycles. The number of nitrogens with two attached hydrogens (primary N) is 1. The first-order valence-electron chi connectivity index (χ1n) is 7.86. The molecule has 1 aliphatic rings. The van der Waals surface area contributed by atoms with Gasteiger partial charge < -0.3 is 36.2 Å². The van der Waals surface area contributed by atoms with E-state index in [1.165, 1.54) is 0 Å². The topological polar surface area (TPSA) is 116 Å². The first-order valence-corrected chi connectivity index (χ1v) is 7.86. The minimum Gasteiger partial charge on any atom is -0.392 e. The number of pyridine rings is 1. The smallest absolute Gasteiger partial charge is 0.155 e. The number of anilines is 3. The van der Waals surface area contributed by atoms with Gasteiger partial charge in [0.1, 0.15) is 11.5 Å². The Morgan fingerprint density at radius 1 is 1.48 bits per heavy atom. The third-order valence-corrected chi connectivity index (χ3v) is 3.79. The van der Waals surface area contributed by atoms with Crippen LogP contribution in [0, 0.1) is 0 Å². The molecule has 0 radical (unpaired) electrons. The van der Waals surface area contributed by atoms with Crippen molar-refractivity contribution >= 4 is 17.2 Å². The molecule has 2 heterocycles. The predicted octanol–water partition coefficient (Wildman–Crippen LogP) is -0.0644. The van der Waals surface area contributed by atoms with Crippen molar-refractivity contribution in [3.8, 4) is 0 Å². The molecule has 2 unspecified atom stereocenters. The van der Waals surface area contributed by atoms with E-state index >= 15 is 0 Å². The van der Waals surface area contributed by atoms with Crippen LogP contribution in [-0.2, 0) is 4.74 Å². The van der Waals surface area contributed by atoms with Crippen LogP contribution in [0.4, 0.5) is 17.2 Å². The molecule has 23 heavy (non-hydrogen) atoms. The van der Waals surface area contributed by atoms with Gasteiger partial charge in [-0.1, -0.05) is 13.8 Å². The van der Waals surface area contributed by atoms with Crippen LogP contribution in [0.2, 0.25) is 0 Å². The summed E-state index contributed by atoms with van der Waals surface area (Å²) in [6, 6.07) is 2.11. The van der Waals surface area contributed by atoms with Gasteiger partial charge in [0.05, 0.1) is 31.2 Å². The fraction of sp³-hybridized carbons (Fsp3) is 0.667. The van der Waals surface area contributed by atoms with Crippen LogP contribution in [0.25, 0.3) is 0 Å². The molecule has 1 aliphatic heterocycles. The summed E-state index contributed by atoms with van der Waals surface area (Å²) >= 11 is 0. The third kappa shape index (κ3) is 4.23. The molecule has 0 bridgehead atoms. The molecule has 0 saturated heterocycles. The zero-order valence-corrected chi connectivity index (χ0v) is 13.9. The van der Waals surface area contributed by atoms with E-state index in [2.05, 4.69) is 15.6 Å². The zero-order valence-electron chi connectivity index (χ0n) is 13.9. The van der Waals surface area contributed by atoms with Crippen molar-refractivity contribution < 1.29 is 14.9 Å². The van der Waals surface area contributed by atoms with Crippen LogP contribution in [0.1, 0.15) is 20.8 Å². The van der Waals surface area contributed by atoms with Crippen molar-refractivity contribution in [1.82, 2.24) is 10.3 Å². The Morgan fingerprint density at radius 3 is 2.83 bits per heavy atom. The van der Waals surface area contributed by atoms with E-state index in [1.807, 2.05) is 24.8 Å². The van der Waals surface area contributed by atoms with E-state index in [0.29, 0.717) is 19.0 Å². The summed E-state index contributed by atoms with van der Waals surface area (Å²) in [7, 11) is 0. The second kappa shape index (κ2) is 7.78. The number of nitrogens with one attached hydrogen (secondary N) is 2. The molecule has 8 heteroatoms. The lowest BCUT2D eigenvalue weighted by Gasteiger charge is -2.33. The van der Waals surface area contributed by atoms with Crippen LogP contribution in [-0.4, -0.2) is 59.5 Å². The maximum atomic E-state index is 9.94. The maximum Gasteiger partial charge on any atom is 0.155 e. The van der Waals surface area contributed by atoms with Crippen LogP contribution in [0.15, 0.2) is 12.3 Å². The minimum absolute atomic E-state index is 0.200. The van der Waals surface area contributed by atoms with Crippen molar-refractivity contribution in [2.75, 3.05) is 35.8 Å². The normalized spacial score (nSPS) is 17.7. The van der Waals surface area contributed by atoms with E-state index in [4.69, 9.17) is 10.5 Å².